The van der Waals surface area contributed by atoms with Gasteiger partial charge in [0.05, 0.1) is 16.1 Å². The Morgan fingerprint density at radius 3 is 2.31 bits per heavy atom. The van der Waals surface area contributed by atoms with Gasteiger partial charge in [0.1, 0.15) is 0 Å². The number of alkyl halides is 4. The van der Waals surface area contributed by atoms with Crippen molar-refractivity contribution in [1.82, 2.24) is 9.47 Å². The number of benzene rings is 2. The molecule has 4 rings (SSSR count). The van der Waals surface area contributed by atoms with Gasteiger partial charge in [-0.2, -0.15) is 13.2 Å². The van der Waals surface area contributed by atoms with E-state index in [9.17, 15) is 27.2 Å². The quantitative estimate of drug-likeness (QED) is 0.335. The van der Waals surface area contributed by atoms with Crippen LogP contribution in [0.5, 0.6) is 0 Å². The summed E-state index contributed by atoms with van der Waals surface area (Å²) in [5.74, 6) is -0.944. The number of amides is 1. The Morgan fingerprint density at radius 2 is 1.72 bits per heavy atom. The molecule has 1 amide bonds. The minimum Gasteiger partial charge on any atom is -0.347 e. The molecule has 0 aliphatic carbocycles. The van der Waals surface area contributed by atoms with Gasteiger partial charge in [-0.3, -0.25) is 9.59 Å². The van der Waals surface area contributed by atoms with Crippen LogP contribution in [0.15, 0.2) is 30.3 Å². The number of aromatic nitrogens is 1. The van der Waals surface area contributed by atoms with Crippen LogP contribution < -0.4 is 0 Å². The Balaban J connectivity index is 1.66. The van der Waals surface area contributed by atoms with Crippen LogP contribution in [-0.2, 0) is 24.4 Å². The fourth-order valence-corrected chi connectivity index (χ4v) is 5.27. The highest BCUT2D eigenvalue weighted by atomic mass is 35.5. The molecule has 0 bridgehead atoms. The number of aryl methyl sites for hydroxylation is 2. The van der Waals surface area contributed by atoms with Gasteiger partial charge in [-0.25, -0.2) is 4.39 Å². The monoisotopic (exact) mass is 542 g/mol. The van der Waals surface area contributed by atoms with Gasteiger partial charge >= 0.3 is 6.18 Å². The topological polar surface area (TPSA) is 42.3 Å². The highest BCUT2D eigenvalue weighted by Gasteiger charge is 2.40. The second-order valence-corrected chi connectivity index (χ2v) is 10.1. The smallest absolute Gasteiger partial charge is 0.347 e. The van der Waals surface area contributed by atoms with Crippen molar-refractivity contribution >= 4 is 45.8 Å². The van der Waals surface area contributed by atoms with Crippen molar-refractivity contribution in [1.29, 1.82) is 0 Å². The molecule has 10 heteroatoms. The first-order valence-corrected chi connectivity index (χ1v) is 12.1. The molecule has 192 valence electrons. The largest absolute Gasteiger partial charge is 0.416 e. The Kier molecular flexibility index (Phi) is 6.90. The number of likely N-dealkylation sites (tertiary alicyclic amines) is 1. The number of rotatable bonds is 4. The maximum absolute atomic E-state index is 14.6. The van der Waals surface area contributed by atoms with Crippen molar-refractivity contribution in [2.24, 2.45) is 7.05 Å². The summed E-state index contributed by atoms with van der Waals surface area (Å²) < 4.78 is 56.3. The lowest BCUT2D eigenvalue weighted by Crippen LogP contribution is -2.47. The molecule has 0 spiro atoms. The predicted octanol–water partition coefficient (Wildman–Crippen LogP) is 6.94. The molecular weight excluding hydrogens is 519 g/mol. The highest BCUT2D eigenvalue weighted by Crippen LogP contribution is 2.37. The van der Waals surface area contributed by atoms with Crippen molar-refractivity contribution < 1.29 is 27.2 Å². The third-order valence-electron chi connectivity index (χ3n) is 7.04. The third kappa shape index (κ3) is 4.73. The number of nitrogens with zero attached hydrogens (tertiary/aromatic N) is 2. The minimum atomic E-state index is -4.47. The van der Waals surface area contributed by atoms with Crippen LogP contribution in [-0.4, -0.2) is 39.9 Å². The highest BCUT2D eigenvalue weighted by molar-refractivity contribution is 6.38. The van der Waals surface area contributed by atoms with Gasteiger partial charge in [-0.15, -0.1) is 0 Å². The summed E-state index contributed by atoms with van der Waals surface area (Å²) in [7, 11) is 1.67. The molecule has 1 saturated heterocycles. The number of halogens is 6. The number of fused-ring (bicyclic) bond motifs is 1. The Morgan fingerprint density at radius 1 is 1.08 bits per heavy atom. The van der Waals surface area contributed by atoms with Crippen LogP contribution in [0, 0.1) is 6.92 Å². The van der Waals surface area contributed by atoms with Crippen LogP contribution in [0.3, 0.4) is 0 Å². The molecule has 0 unspecified atom stereocenters. The second-order valence-electron chi connectivity index (χ2n) is 9.30. The van der Waals surface area contributed by atoms with Gasteiger partial charge in [-0.1, -0.05) is 23.2 Å². The van der Waals surface area contributed by atoms with Gasteiger partial charge in [-0.05, 0) is 55.3 Å². The molecule has 0 N–H and O–H groups in total. The summed E-state index contributed by atoms with van der Waals surface area (Å²) in [5.41, 5.74) is -0.420. The molecule has 36 heavy (non-hydrogen) atoms. The van der Waals surface area contributed by atoms with E-state index >= 15 is 0 Å². The molecule has 1 aromatic heterocycles. The summed E-state index contributed by atoms with van der Waals surface area (Å²) in [6.07, 6.45) is -4.45. The fraction of sp³-hybridized carbons (Fsp3) is 0.385. The van der Waals surface area contributed by atoms with Gasteiger partial charge in [0, 0.05) is 61.0 Å². The number of piperidine rings is 1. The van der Waals surface area contributed by atoms with Crippen LogP contribution in [0.4, 0.5) is 17.6 Å². The Labute approximate surface area is 215 Å². The first-order chi connectivity index (χ1) is 16.7. The van der Waals surface area contributed by atoms with Crippen molar-refractivity contribution in [2.45, 2.75) is 45.0 Å². The molecule has 1 aliphatic heterocycles. The molecule has 2 heterocycles. The fourth-order valence-electron chi connectivity index (χ4n) is 4.69. The first-order valence-electron chi connectivity index (χ1n) is 11.3. The number of Topliss-reactive ketones (excluding diaryl/α,β-unsaturated/α-hetero) is 1. The average molecular weight is 543 g/mol. The summed E-state index contributed by atoms with van der Waals surface area (Å²) >= 11 is 13.1. The lowest BCUT2D eigenvalue weighted by molar-refractivity contribution is -0.137. The van der Waals surface area contributed by atoms with Gasteiger partial charge < -0.3 is 9.47 Å². The first kappa shape index (κ1) is 26.5. The van der Waals surface area contributed by atoms with E-state index in [-0.39, 0.29) is 42.9 Å². The van der Waals surface area contributed by atoms with E-state index in [4.69, 9.17) is 23.2 Å². The standard InChI is InChI=1S/C26H24Cl2F4N2O2/c1-14-10-16(26(30,31)32)11-22-19(14)12-17(33(22)3)13-20-21(27)5-4-18(23(20)28)24(36)34-8-6-25(29,7-9-34)15(2)35/h4-5,10-12H,6-9,13H2,1-3H3. The van der Waals surface area contributed by atoms with E-state index < -0.39 is 29.1 Å². The maximum Gasteiger partial charge on any atom is 0.416 e. The SMILES string of the molecule is CC(=O)C1(F)CCN(C(=O)c2ccc(Cl)c(Cc3cc4c(C)cc(C(F)(F)F)cc4n3C)c2Cl)CC1. The van der Waals surface area contributed by atoms with E-state index in [1.54, 1.807) is 30.7 Å². The summed E-state index contributed by atoms with van der Waals surface area (Å²) in [4.78, 5) is 26.2. The Bertz CT molecular complexity index is 1370. The number of hydrogen-bond donors (Lipinski definition) is 0. The zero-order chi connectivity index (χ0) is 26.6. The summed E-state index contributed by atoms with van der Waals surface area (Å²) in [6, 6.07) is 7.06. The third-order valence-corrected chi connectivity index (χ3v) is 7.83. The van der Waals surface area contributed by atoms with Crippen molar-refractivity contribution in [3.63, 3.8) is 0 Å². The minimum absolute atomic E-state index is 0.0766. The summed E-state index contributed by atoms with van der Waals surface area (Å²) in [6.45, 7) is 2.98. The zero-order valence-corrected chi connectivity index (χ0v) is 21.4. The molecule has 1 aliphatic rings. The van der Waals surface area contributed by atoms with E-state index in [0.29, 0.717) is 32.7 Å². The van der Waals surface area contributed by atoms with Crippen molar-refractivity contribution in [2.75, 3.05) is 13.1 Å². The molecule has 0 saturated carbocycles. The van der Waals surface area contributed by atoms with E-state index in [1.807, 2.05) is 0 Å². The number of ketones is 1. The van der Waals surface area contributed by atoms with Crippen LogP contribution in [0.1, 0.15) is 52.5 Å². The Hall–Kier alpha value is -2.58. The van der Waals surface area contributed by atoms with Crippen LogP contribution in [0.25, 0.3) is 10.9 Å². The maximum atomic E-state index is 14.6. The van der Waals surface area contributed by atoms with Gasteiger partial charge in [0.2, 0.25) is 0 Å². The average Bonchev–Trinajstić information content (AvgIpc) is 3.12. The molecule has 2 aromatic carbocycles. The van der Waals surface area contributed by atoms with Gasteiger partial charge in [0.25, 0.3) is 5.91 Å². The normalized spacial score (nSPS) is 16.0. The molecule has 1 fully saturated rings. The van der Waals surface area contributed by atoms with E-state index in [0.717, 1.165) is 12.1 Å². The number of carbonyl (C=O) groups is 2. The molecule has 0 atom stereocenters. The van der Waals surface area contributed by atoms with Crippen LogP contribution in [0.2, 0.25) is 10.0 Å². The molecule has 4 nitrogen and oxygen atoms in total. The number of hydrogen-bond acceptors (Lipinski definition) is 2. The molecule has 0 radical (unpaired) electrons. The lowest BCUT2D eigenvalue weighted by atomic mass is 9.89. The molecular formula is C26H24Cl2F4N2O2. The van der Waals surface area contributed by atoms with E-state index in [1.165, 1.54) is 17.9 Å². The zero-order valence-electron chi connectivity index (χ0n) is 19.9. The lowest BCUT2D eigenvalue weighted by Gasteiger charge is -2.35. The molecule has 3 aromatic rings. The predicted molar refractivity (Wildman–Crippen MR) is 132 cm³/mol. The van der Waals surface area contributed by atoms with Gasteiger partial charge in [0.15, 0.2) is 11.5 Å². The second kappa shape index (κ2) is 9.38. The van der Waals surface area contributed by atoms with Crippen molar-refractivity contribution in [3.05, 3.63) is 68.3 Å². The number of carbonyl (C=O) groups excluding carboxylic acids is 2. The van der Waals surface area contributed by atoms with E-state index in [2.05, 4.69) is 0 Å². The summed E-state index contributed by atoms with van der Waals surface area (Å²) in [5, 5.41) is 1.12. The van der Waals surface area contributed by atoms with Crippen LogP contribution >= 0.6 is 23.2 Å². The van der Waals surface area contributed by atoms with Crippen molar-refractivity contribution in [3.8, 4) is 0 Å².